The number of hydrogen-bond acceptors (Lipinski definition) is 5. The molecular weight excluding hydrogens is 364 g/mol. The molecule has 7 nitrogen and oxygen atoms in total. The van der Waals surface area contributed by atoms with Gasteiger partial charge in [0.05, 0.1) is 0 Å². The highest BCUT2D eigenvalue weighted by Crippen LogP contribution is 2.20. The summed E-state index contributed by atoms with van der Waals surface area (Å²) in [6.07, 6.45) is 0.272. The first-order valence-electron chi connectivity index (χ1n) is 7.47. The Morgan fingerprint density at radius 3 is 2.64 bits per heavy atom. The van der Waals surface area contributed by atoms with Crippen LogP contribution in [0.25, 0.3) is 0 Å². The number of carboxylic acid groups (broad SMARTS) is 1. The predicted molar refractivity (Wildman–Crippen MR) is 95.4 cm³/mol. The Kier molecular flexibility index (Phi) is 6.16. The summed E-state index contributed by atoms with van der Waals surface area (Å²) >= 11 is 1.10. The van der Waals surface area contributed by atoms with Gasteiger partial charge in [-0.3, -0.25) is 14.3 Å². The monoisotopic (exact) mass is 382 g/mol. The van der Waals surface area contributed by atoms with Crippen LogP contribution < -0.4 is 10.0 Å². The van der Waals surface area contributed by atoms with Crippen LogP contribution in [-0.4, -0.2) is 31.4 Å². The molecule has 1 heterocycles. The highest BCUT2D eigenvalue weighted by Gasteiger charge is 2.16. The van der Waals surface area contributed by atoms with E-state index in [1.165, 1.54) is 12.1 Å². The third-order valence-electron chi connectivity index (χ3n) is 3.31. The summed E-state index contributed by atoms with van der Waals surface area (Å²) in [5, 5.41) is 13.0. The van der Waals surface area contributed by atoms with E-state index in [1.54, 1.807) is 36.6 Å². The second kappa shape index (κ2) is 8.13. The molecule has 0 bridgehead atoms. The van der Waals surface area contributed by atoms with E-state index in [9.17, 15) is 18.0 Å². The Bertz CT molecular complexity index is 847. The highest BCUT2D eigenvalue weighted by molar-refractivity contribution is 7.94. The summed E-state index contributed by atoms with van der Waals surface area (Å²) in [4.78, 5) is 22.8. The van der Waals surface area contributed by atoms with Gasteiger partial charge < -0.3 is 10.4 Å². The molecule has 0 spiro atoms. The number of rotatable bonds is 8. The van der Waals surface area contributed by atoms with E-state index in [1.807, 2.05) is 0 Å². The second-order valence-electron chi connectivity index (χ2n) is 5.43. The number of sulfonamides is 1. The van der Waals surface area contributed by atoms with Crippen LogP contribution in [0.3, 0.4) is 0 Å². The maximum absolute atomic E-state index is 12.2. The lowest BCUT2D eigenvalue weighted by molar-refractivity contribution is -0.137. The maximum Gasteiger partial charge on any atom is 0.303 e. The molecule has 1 atom stereocenters. The Labute approximate surface area is 149 Å². The minimum atomic E-state index is -3.68. The minimum Gasteiger partial charge on any atom is -0.481 e. The predicted octanol–water partition coefficient (Wildman–Crippen LogP) is 2.53. The van der Waals surface area contributed by atoms with Crippen molar-refractivity contribution in [1.82, 2.24) is 5.32 Å². The summed E-state index contributed by atoms with van der Waals surface area (Å²) in [5.41, 5.74) is 0.563. The quantitative estimate of drug-likeness (QED) is 0.649. The molecule has 0 saturated heterocycles. The van der Waals surface area contributed by atoms with E-state index in [2.05, 4.69) is 10.0 Å². The Morgan fingerprint density at radius 2 is 2.00 bits per heavy atom. The number of anilines is 1. The normalized spacial score (nSPS) is 12.4. The molecule has 9 heteroatoms. The van der Waals surface area contributed by atoms with Crippen molar-refractivity contribution in [2.75, 3.05) is 4.72 Å². The van der Waals surface area contributed by atoms with E-state index in [4.69, 9.17) is 5.11 Å². The zero-order valence-electron chi connectivity index (χ0n) is 13.4. The largest absolute Gasteiger partial charge is 0.481 e. The Hall–Kier alpha value is -2.39. The summed E-state index contributed by atoms with van der Waals surface area (Å²) in [5.74, 6) is -1.32. The van der Waals surface area contributed by atoms with Crippen LogP contribution in [0.5, 0.6) is 0 Å². The van der Waals surface area contributed by atoms with Crippen molar-refractivity contribution in [1.29, 1.82) is 0 Å². The van der Waals surface area contributed by atoms with Gasteiger partial charge in [0.2, 0.25) is 0 Å². The molecule has 0 fully saturated rings. The van der Waals surface area contributed by atoms with Crippen LogP contribution in [-0.2, 0) is 14.8 Å². The molecule has 134 valence electrons. The Balaban J connectivity index is 2.05. The lowest BCUT2D eigenvalue weighted by Crippen LogP contribution is -2.33. The molecule has 0 aliphatic carbocycles. The van der Waals surface area contributed by atoms with Crippen molar-refractivity contribution in [2.45, 2.75) is 30.0 Å². The number of carbonyl (C=O) groups is 2. The molecule has 2 rings (SSSR count). The summed E-state index contributed by atoms with van der Waals surface area (Å²) < 4.78 is 27.0. The van der Waals surface area contributed by atoms with Gasteiger partial charge in [-0.15, -0.1) is 11.3 Å². The first-order chi connectivity index (χ1) is 11.8. The van der Waals surface area contributed by atoms with Crippen molar-refractivity contribution in [3.8, 4) is 0 Å². The number of benzene rings is 1. The smallest absolute Gasteiger partial charge is 0.303 e. The molecule has 2 aromatic rings. The van der Waals surface area contributed by atoms with Gasteiger partial charge in [0.1, 0.15) is 4.21 Å². The minimum absolute atomic E-state index is 0.0396. The molecule has 1 unspecified atom stereocenters. The van der Waals surface area contributed by atoms with Crippen molar-refractivity contribution < 1.29 is 23.1 Å². The van der Waals surface area contributed by atoms with Gasteiger partial charge in [-0.1, -0.05) is 12.1 Å². The van der Waals surface area contributed by atoms with Gasteiger partial charge in [0, 0.05) is 23.7 Å². The second-order valence-corrected chi connectivity index (χ2v) is 8.28. The van der Waals surface area contributed by atoms with Crippen LogP contribution in [0.1, 0.15) is 30.1 Å². The zero-order chi connectivity index (χ0) is 18.4. The summed E-state index contributed by atoms with van der Waals surface area (Å²) in [7, 11) is -3.68. The molecule has 0 radical (unpaired) electrons. The fourth-order valence-electron chi connectivity index (χ4n) is 2.07. The number of nitrogens with one attached hydrogen (secondary N) is 2. The Morgan fingerprint density at radius 1 is 1.24 bits per heavy atom. The molecule has 0 aliphatic rings. The summed E-state index contributed by atoms with van der Waals surface area (Å²) in [6, 6.07) is 8.94. The van der Waals surface area contributed by atoms with Crippen molar-refractivity contribution in [3.63, 3.8) is 0 Å². The van der Waals surface area contributed by atoms with Gasteiger partial charge in [0.25, 0.3) is 15.9 Å². The van der Waals surface area contributed by atoms with Crippen LogP contribution >= 0.6 is 11.3 Å². The number of aliphatic carboxylic acids is 1. The van der Waals surface area contributed by atoms with Crippen molar-refractivity contribution in [3.05, 3.63) is 47.3 Å². The van der Waals surface area contributed by atoms with Gasteiger partial charge in [-0.25, -0.2) is 8.42 Å². The third-order valence-corrected chi connectivity index (χ3v) is 6.08. The first kappa shape index (κ1) is 18.9. The van der Waals surface area contributed by atoms with E-state index >= 15 is 0 Å². The lowest BCUT2D eigenvalue weighted by atomic mass is 10.1. The molecule has 25 heavy (non-hydrogen) atoms. The van der Waals surface area contributed by atoms with E-state index < -0.39 is 21.9 Å². The first-order valence-corrected chi connectivity index (χ1v) is 9.83. The average molecular weight is 382 g/mol. The number of carbonyl (C=O) groups excluding carboxylic acids is 1. The fraction of sp³-hybridized carbons (Fsp3) is 0.250. The van der Waals surface area contributed by atoms with Gasteiger partial charge in [0.15, 0.2) is 0 Å². The van der Waals surface area contributed by atoms with Crippen LogP contribution in [0.2, 0.25) is 0 Å². The van der Waals surface area contributed by atoms with E-state index in [0.29, 0.717) is 6.42 Å². The number of carboxylic acids is 1. The number of amides is 1. The van der Waals surface area contributed by atoms with Crippen molar-refractivity contribution in [2.24, 2.45) is 0 Å². The van der Waals surface area contributed by atoms with Crippen LogP contribution in [0.4, 0.5) is 5.69 Å². The van der Waals surface area contributed by atoms with E-state index in [-0.39, 0.29) is 27.9 Å². The number of hydrogen-bond donors (Lipinski definition) is 3. The maximum atomic E-state index is 12.2. The van der Waals surface area contributed by atoms with Crippen LogP contribution in [0, 0.1) is 0 Å². The molecule has 0 aliphatic heterocycles. The molecule has 0 saturated carbocycles. The molecular formula is C16H18N2O5S2. The molecule has 1 amide bonds. The summed E-state index contributed by atoms with van der Waals surface area (Å²) in [6.45, 7) is 1.71. The fourth-order valence-corrected chi connectivity index (χ4v) is 4.11. The average Bonchev–Trinajstić information content (AvgIpc) is 3.08. The van der Waals surface area contributed by atoms with Crippen molar-refractivity contribution >= 4 is 38.9 Å². The highest BCUT2D eigenvalue weighted by atomic mass is 32.2. The third kappa shape index (κ3) is 5.57. The lowest BCUT2D eigenvalue weighted by Gasteiger charge is -2.13. The van der Waals surface area contributed by atoms with Crippen LogP contribution in [0.15, 0.2) is 46.0 Å². The SMILES string of the molecule is CC(CCC(=O)O)NC(=O)c1cccc(NS(=O)(=O)c2cccs2)c1. The molecule has 1 aromatic carbocycles. The topological polar surface area (TPSA) is 113 Å². The zero-order valence-corrected chi connectivity index (χ0v) is 15.1. The standard InChI is InChI=1S/C16H18N2O5S2/c1-11(7-8-14(19)20)17-16(21)12-4-2-5-13(10-12)18-25(22,23)15-6-3-9-24-15/h2-6,9-11,18H,7-8H2,1H3,(H,17,21)(H,19,20). The molecule has 3 N–H and O–H groups in total. The number of thiophene rings is 1. The molecule has 1 aromatic heterocycles. The van der Waals surface area contributed by atoms with Gasteiger partial charge in [-0.2, -0.15) is 0 Å². The van der Waals surface area contributed by atoms with Gasteiger partial charge >= 0.3 is 5.97 Å². The van der Waals surface area contributed by atoms with E-state index in [0.717, 1.165) is 11.3 Å². The van der Waals surface area contributed by atoms with Gasteiger partial charge in [-0.05, 0) is 43.0 Å².